The fourth-order valence-electron chi connectivity index (χ4n) is 2.24. The van der Waals surface area contributed by atoms with Gasteiger partial charge in [0.1, 0.15) is 5.82 Å². The van der Waals surface area contributed by atoms with Crippen molar-refractivity contribution < 1.29 is 18.1 Å². The maximum Gasteiger partial charge on any atom is 0.303 e. The number of anilines is 1. The molecule has 0 aliphatic rings. The Morgan fingerprint density at radius 1 is 1.46 bits per heavy atom. The third kappa shape index (κ3) is 5.16. The molecule has 0 radical (unpaired) electrons. The zero-order valence-corrected chi connectivity index (χ0v) is 15.1. The van der Waals surface area contributed by atoms with Gasteiger partial charge >= 0.3 is 5.97 Å². The smallest absolute Gasteiger partial charge is 0.303 e. The number of hydrogen-bond donors (Lipinski definition) is 1. The van der Waals surface area contributed by atoms with Gasteiger partial charge in [0.2, 0.25) is 0 Å². The second-order valence-electron chi connectivity index (χ2n) is 4.79. The molecule has 0 bridgehead atoms. The maximum absolute atomic E-state index is 11.0. The van der Waals surface area contributed by atoms with Crippen LogP contribution in [-0.2, 0) is 18.2 Å². The van der Waals surface area contributed by atoms with Crippen LogP contribution in [0.4, 0.5) is 5.69 Å². The molecule has 0 aliphatic heterocycles. The molecule has 2 aromatic rings. The molecule has 5 nitrogen and oxygen atoms in total. The monoisotopic (exact) mass is 399 g/mol. The predicted molar refractivity (Wildman–Crippen MR) is 102 cm³/mol. The number of alkyl halides is 2. The quantitative estimate of drug-likeness (QED) is 0.652. The Morgan fingerprint density at radius 2 is 2.17 bits per heavy atom. The van der Waals surface area contributed by atoms with Crippen molar-refractivity contribution in [1.29, 1.82) is 0 Å². The minimum absolute atomic E-state index is 0. The number of aryl methyl sites for hydroxylation is 2. The zero-order chi connectivity index (χ0) is 22.0. The number of carbonyl (C=O) groups is 1. The normalized spacial score (nSPS) is 15.4. The van der Waals surface area contributed by atoms with Crippen molar-refractivity contribution in [3.63, 3.8) is 0 Å². The molecular weight excluding hydrogens is 373 g/mol. The molecule has 0 spiro atoms. The Bertz CT molecular complexity index is 885. The summed E-state index contributed by atoms with van der Waals surface area (Å²) in [6, 6.07) is 3.14. The number of aliphatic carboxylic acids is 1. The fraction of sp³-hybridized carbons (Fsp3) is 0.500. The second-order valence-corrected chi connectivity index (χ2v) is 5.54. The Labute approximate surface area is 166 Å². The molecule has 134 valence electrons. The highest BCUT2D eigenvalue weighted by atomic mass is 35.5. The fourth-order valence-corrected chi connectivity index (χ4v) is 2.65. The number of rotatable bonds is 9. The van der Waals surface area contributed by atoms with Crippen molar-refractivity contribution in [3.05, 3.63) is 24.0 Å². The highest BCUT2D eigenvalue weighted by Crippen LogP contribution is 2.23. The van der Waals surface area contributed by atoms with Gasteiger partial charge in [0.05, 0.1) is 12.4 Å². The molecule has 0 saturated heterocycles. The van der Waals surface area contributed by atoms with Gasteiger partial charge in [-0.05, 0) is 24.6 Å². The van der Waals surface area contributed by atoms with Crippen LogP contribution < -0.4 is 4.90 Å². The lowest BCUT2D eigenvalue weighted by atomic mass is 10.2. The van der Waals surface area contributed by atoms with E-state index in [2.05, 4.69) is 4.98 Å². The van der Waals surface area contributed by atoms with Crippen LogP contribution in [0.1, 0.15) is 26.8 Å². The summed E-state index contributed by atoms with van der Waals surface area (Å²) in [6.45, 7) is -1.74. The first-order valence-electron chi connectivity index (χ1n) is 10.1. The van der Waals surface area contributed by atoms with Crippen LogP contribution in [0.15, 0.2) is 18.2 Å². The van der Waals surface area contributed by atoms with Crippen molar-refractivity contribution in [2.24, 2.45) is 6.98 Å². The summed E-state index contributed by atoms with van der Waals surface area (Å²) in [5, 5.41) is 8.96. The van der Waals surface area contributed by atoms with Gasteiger partial charge in [-0.25, -0.2) is 4.98 Å². The molecule has 1 aromatic heterocycles. The molecule has 0 amide bonds. The molecule has 0 saturated carbocycles. The number of aromatic nitrogens is 2. The number of nitrogens with zero attached hydrogens (tertiary/aromatic N) is 3. The van der Waals surface area contributed by atoms with E-state index in [9.17, 15) is 4.79 Å². The number of fused-ring (bicyclic) bond motifs is 1. The lowest BCUT2D eigenvalue weighted by Crippen LogP contribution is -2.27. The number of benzene rings is 1. The predicted octanol–water partition coefficient (Wildman–Crippen LogP) is 3.69. The van der Waals surface area contributed by atoms with Gasteiger partial charge in [-0.2, -0.15) is 0 Å². The van der Waals surface area contributed by atoms with Gasteiger partial charge in [0.15, 0.2) is 0 Å². The van der Waals surface area contributed by atoms with Gasteiger partial charge in [0, 0.05) is 57.2 Å². The van der Waals surface area contributed by atoms with E-state index in [-0.39, 0.29) is 41.7 Å². The van der Waals surface area contributed by atoms with Gasteiger partial charge in [-0.1, -0.05) is 0 Å². The SMILES string of the molecule is Cl.[2H]c1c(N(CCCl)CCCl)ccc2c1nc(CCC([2H])([2H])C(=O)O)n2C([2H])([2H])[2H]. The van der Waals surface area contributed by atoms with E-state index in [0.717, 1.165) is 4.57 Å². The first-order valence-corrected chi connectivity index (χ1v) is 8.12. The van der Waals surface area contributed by atoms with E-state index in [1.165, 1.54) is 6.07 Å². The molecule has 0 unspecified atom stereocenters. The molecule has 0 aliphatic carbocycles. The lowest BCUT2D eigenvalue weighted by Gasteiger charge is -2.22. The van der Waals surface area contributed by atoms with Crippen LogP contribution in [0.3, 0.4) is 0 Å². The first-order chi connectivity index (χ1) is 13.4. The van der Waals surface area contributed by atoms with Crippen molar-refractivity contribution in [2.75, 3.05) is 29.7 Å². The number of hydrogen-bond acceptors (Lipinski definition) is 3. The average Bonchev–Trinajstić information content (AvgIpc) is 3.00. The minimum Gasteiger partial charge on any atom is -0.481 e. The van der Waals surface area contributed by atoms with Crippen LogP contribution in [0.2, 0.25) is 0 Å². The largest absolute Gasteiger partial charge is 0.481 e. The molecule has 1 heterocycles. The summed E-state index contributed by atoms with van der Waals surface area (Å²) in [5.41, 5.74) is 0.835. The van der Waals surface area contributed by atoms with E-state index in [1.54, 1.807) is 11.0 Å². The molecule has 8 heteroatoms. The van der Waals surface area contributed by atoms with E-state index >= 15 is 0 Å². The zero-order valence-electron chi connectivity index (χ0n) is 18.8. The van der Waals surface area contributed by atoms with Crippen LogP contribution >= 0.6 is 35.6 Å². The highest BCUT2D eigenvalue weighted by Gasteiger charge is 2.11. The number of carboxylic acid groups (broad SMARTS) is 1. The van der Waals surface area contributed by atoms with Gasteiger partial charge in [-0.3, -0.25) is 4.79 Å². The first kappa shape index (κ1) is 13.1. The van der Waals surface area contributed by atoms with Crippen molar-refractivity contribution in [1.82, 2.24) is 9.55 Å². The van der Waals surface area contributed by atoms with Crippen LogP contribution in [0, 0.1) is 0 Å². The molecule has 2 rings (SSSR count). The lowest BCUT2D eigenvalue weighted by molar-refractivity contribution is -0.137. The minimum atomic E-state index is -2.63. The molecular formula is C16H22Cl3N3O2. The standard InChI is InChI=1S/C16H21Cl2N3O2.ClH/c1-20-14-6-5-12(21(9-7-17)10-8-18)11-13(14)19-15(20)3-2-4-16(22)23;/h5-6,11H,2-4,7-10H2,1H3,(H,22,23);1H/i1D3,4D2,11D;. The summed E-state index contributed by atoms with van der Waals surface area (Å²) < 4.78 is 48.0. The molecule has 1 aromatic carbocycles. The Hall–Kier alpha value is -1.17. The third-order valence-electron chi connectivity index (χ3n) is 3.30. The number of imidazole rings is 1. The molecule has 1 N–H and O–H groups in total. The summed E-state index contributed by atoms with van der Waals surface area (Å²) in [7, 11) is 0. The van der Waals surface area contributed by atoms with Gasteiger partial charge in [0.25, 0.3) is 0 Å². The van der Waals surface area contributed by atoms with Crippen LogP contribution in [-0.4, -0.2) is 45.5 Å². The van der Waals surface area contributed by atoms with Crippen LogP contribution in [0.25, 0.3) is 11.0 Å². The van der Waals surface area contributed by atoms with Crippen LogP contribution in [0.5, 0.6) is 0 Å². The summed E-state index contributed by atoms with van der Waals surface area (Å²) in [4.78, 5) is 17.1. The van der Waals surface area contributed by atoms with Crippen molar-refractivity contribution in [2.45, 2.75) is 19.2 Å². The van der Waals surface area contributed by atoms with E-state index in [1.807, 2.05) is 0 Å². The van der Waals surface area contributed by atoms with E-state index in [4.69, 9.17) is 36.5 Å². The maximum atomic E-state index is 11.0. The Balaban J connectivity index is 0.00000450. The Kier molecular flexibility index (Phi) is 5.43. The van der Waals surface area contributed by atoms with Gasteiger partial charge < -0.3 is 14.6 Å². The molecule has 0 fully saturated rings. The third-order valence-corrected chi connectivity index (χ3v) is 3.64. The molecule has 0 atom stereocenters. The summed E-state index contributed by atoms with van der Waals surface area (Å²) >= 11 is 11.7. The average molecular weight is 401 g/mol. The number of carboxylic acids is 1. The van der Waals surface area contributed by atoms with Crippen molar-refractivity contribution >= 4 is 58.3 Å². The summed E-state index contributed by atoms with van der Waals surface area (Å²) in [5.74, 6) is -1.01. The second kappa shape index (κ2) is 9.97. The Morgan fingerprint density at radius 3 is 2.75 bits per heavy atom. The van der Waals surface area contributed by atoms with Gasteiger partial charge in [-0.15, -0.1) is 35.6 Å². The van der Waals surface area contributed by atoms with Crippen molar-refractivity contribution in [3.8, 4) is 0 Å². The van der Waals surface area contributed by atoms with E-state index < -0.39 is 25.7 Å². The highest BCUT2D eigenvalue weighted by molar-refractivity contribution is 6.18. The topological polar surface area (TPSA) is 58.4 Å². The number of halogens is 3. The summed E-state index contributed by atoms with van der Waals surface area (Å²) in [6.07, 6.45) is -3.19. The molecule has 24 heavy (non-hydrogen) atoms. The van der Waals surface area contributed by atoms with E-state index in [0.29, 0.717) is 30.5 Å².